The number of ether oxygens (including phenoxy) is 2. The van der Waals surface area contributed by atoms with Crippen molar-refractivity contribution in [3.63, 3.8) is 0 Å². The van der Waals surface area contributed by atoms with Gasteiger partial charge >= 0.3 is 5.97 Å². The maximum absolute atomic E-state index is 12.9. The summed E-state index contributed by atoms with van der Waals surface area (Å²) in [6.45, 7) is 7.36. The first kappa shape index (κ1) is 24.7. The molecule has 7 heteroatoms. The molecule has 0 N–H and O–H groups in total. The Balaban J connectivity index is 2.21. The molecule has 0 saturated heterocycles. The van der Waals surface area contributed by atoms with Gasteiger partial charge in [0.05, 0.1) is 5.75 Å². The molecule has 1 atom stereocenters. The average molecular weight is 440 g/mol. The van der Waals surface area contributed by atoms with Crippen LogP contribution in [0.1, 0.15) is 83.4 Å². The van der Waals surface area contributed by atoms with Crippen molar-refractivity contribution in [2.75, 3.05) is 19.4 Å². The maximum atomic E-state index is 12.9. The van der Waals surface area contributed by atoms with Crippen LogP contribution in [0, 0.1) is 0 Å². The predicted molar refractivity (Wildman–Crippen MR) is 119 cm³/mol. The van der Waals surface area contributed by atoms with Crippen molar-refractivity contribution < 1.29 is 22.7 Å². The normalized spacial score (nSPS) is 17.3. The summed E-state index contributed by atoms with van der Waals surface area (Å²) in [6.07, 6.45) is 6.08. The van der Waals surface area contributed by atoms with Gasteiger partial charge in [0, 0.05) is 13.1 Å². The number of carbonyl (C=O) groups excluding carboxylic acids is 1. The number of rotatable bonds is 9. The highest BCUT2D eigenvalue weighted by Gasteiger charge is 2.31. The number of hydrogen-bond acceptors (Lipinski definition) is 5. The van der Waals surface area contributed by atoms with E-state index in [9.17, 15) is 13.2 Å². The van der Waals surface area contributed by atoms with E-state index in [0.717, 1.165) is 49.7 Å². The molecular formula is C23H37NO5S. The van der Waals surface area contributed by atoms with Crippen LogP contribution in [0.4, 0.5) is 0 Å². The second kappa shape index (κ2) is 10.6. The van der Waals surface area contributed by atoms with Gasteiger partial charge in [-0.1, -0.05) is 38.3 Å². The fraction of sp³-hybridized carbons (Fsp3) is 0.696. The number of carbonyl (C=O) groups is 1. The molecule has 0 saturated carbocycles. The largest absolute Gasteiger partial charge is 0.482 e. The van der Waals surface area contributed by atoms with Gasteiger partial charge in [0.25, 0.3) is 0 Å². The third kappa shape index (κ3) is 6.98. The van der Waals surface area contributed by atoms with E-state index >= 15 is 0 Å². The third-order valence-electron chi connectivity index (χ3n) is 5.33. The lowest BCUT2D eigenvalue weighted by Crippen LogP contribution is -2.33. The molecule has 6 nitrogen and oxygen atoms in total. The molecule has 0 fully saturated rings. The molecule has 0 heterocycles. The highest BCUT2D eigenvalue weighted by atomic mass is 32.2. The fourth-order valence-corrected chi connectivity index (χ4v) is 5.31. The Kier molecular flexibility index (Phi) is 8.73. The zero-order chi connectivity index (χ0) is 22.4. The van der Waals surface area contributed by atoms with E-state index in [0.29, 0.717) is 12.2 Å². The Labute approximate surface area is 182 Å². The summed E-state index contributed by atoms with van der Waals surface area (Å²) in [5.41, 5.74) is 1.42. The molecule has 1 unspecified atom stereocenters. The monoisotopic (exact) mass is 439 g/mol. The topological polar surface area (TPSA) is 72.9 Å². The molecule has 1 aliphatic carbocycles. The summed E-state index contributed by atoms with van der Waals surface area (Å²) in [5.74, 6) is 0.404. The lowest BCUT2D eigenvalue weighted by molar-refractivity contribution is -0.157. The standard InChI is InChI=1S/C23H37NO5S/c1-6-7-10-16-30(26,27)24(5)20-14-9-8-12-19-18(20)13-11-15-21(19)28-17-22(25)29-23(2,3)4/h11,13,15,20H,6-10,12,14,16-17H2,1-5H3. The van der Waals surface area contributed by atoms with Gasteiger partial charge in [0.2, 0.25) is 10.0 Å². The second-order valence-electron chi connectivity index (χ2n) is 9.00. The summed E-state index contributed by atoms with van der Waals surface area (Å²) < 4.78 is 38.5. The van der Waals surface area contributed by atoms with Crippen LogP contribution in [-0.2, 0) is 26.0 Å². The van der Waals surface area contributed by atoms with E-state index in [1.54, 1.807) is 11.4 Å². The minimum Gasteiger partial charge on any atom is -0.482 e. The Morgan fingerprint density at radius 3 is 2.60 bits per heavy atom. The van der Waals surface area contributed by atoms with Gasteiger partial charge in [-0.05, 0) is 63.6 Å². The molecule has 30 heavy (non-hydrogen) atoms. The van der Waals surface area contributed by atoms with Crippen LogP contribution in [0.2, 0.25) is 0 Å². The number of hydrogen-bond donors (Lipinski definition) is 0. The smallest absolute Gasteiger partial charge is 0.344 e. The first-order valence-electron chi connectivity index (χ1n) is 11.0. The molecule has 1 aromatic carbocycles. The molecule has 170 valence electrons. The molecule has 0 radical (unpaired) electrons. The predicted octanol–water partition coefficient (Wildman–Crippen LogP) is 4.63. The summed E-state index contributed by atoms with van der Waals surface area (Å²) in [4.78, 5) is 12.1. The van der Waals surface area contributed by atoms with Gasteiger partial charge < -0.3 is 9.47 Å². The van der Waals surface area contributed by atoms with E-state index < -0.39 is 21.6 Å². The van der Waals surface area contributed by atoms with Gasteiger partial charge in [-0.15, -0.1) is 0 Å². The summed E-state index contributed by atoms with van der Waals surface area (Å²) in [5, 5.41) is 0. The lowest BCUT2D eigenvalue weighted by atomic mass is 9.98. The molecular weight excluding hydrogens is 402 g/mol. The molecule has 0 bridgehead atoms. The average Bonchev–Trinajstić information content (AvgIpc) is 2.87. The Morgan fingerprint density at radius 2 is 1.93 bits per heavy atom. The molecule has 1 aromatic rings. The number of benzene rings is 1. The van der Waals surface area contributed by atoms with Crippen molar-refractivity contribution >= 4 is 16.0 Å². The molecule has 0 aliphatic heterocycles. The van der Waals surface area contributed by atoms with Gasteiger partial charge in [0.1, 0.15) is 11.4 Å². The SMILES string of the molecule is CCCCCS(=O)(=O)N(C)C1CCCCc2c(OCC(=O)OC(C)(C)C)cccc21. The van der Waals surface area contributed by atoms with E-state index in [2.05, 4.69) is 6.92 Å². The number of unbranched alkanes of at least 4 members (excludes halogenated alkanes) is 2. The van der Waals surface area contributed by atoms with E-state index in [1.807, 2.05) is 39.0 Å². The quantitative estimate of drug-likeness (QED) is 0.319. The number of nitrogens with zero attached hydrogens (tertiary/aromatic N) is 1. The first-order chi connectivity index (χ1) is 14.0. The zero-order valence-electron chi connectivity index (χ0n) is 19.1. The molecule has 0 spiro atoms. The Bertz CT molecular complexity index is 813. The Morgan fingerprint density at radius 1 is 1.20 bits per heavy atom. The highest BCUT2D eigenvalue weighted by molar-refractivity contribution is 7.89. The minimum atomic E-state index is -3.33. The van der Waals surface area contributed by atoms with Crippen LogP contribution >= 0.6 is 0 Å². The second-order valence-corrected chi connectivity index (χ2v) is 11.1. The number of esters is 1. The van der Waals surface area contributed by atoms with Crippen molar-refractivity contribution in [3.8, 4) is 5.75 Å². The first-order valence-corrected chi connectivity index (χ1v) is 12.6. The number of fused-ring (bicyclic) bond motifs is 1. The summed E-state index contributed by atoms with van der Waals surface area (Å²) in [6, 6.07) is 5.50. The van der Waals surface area contributed by atoms with Crippen molar-refractivity contribution in [1.82, 2.24) is 4.31 Å². The van der Waals surface area contributed by atoms with Crippen LogP contribution in [-0.4, -0.2) is 43.7 Å². The molecule has 2 rings (SSSR count). The number of sulfonamides is 1. The zero-order valence-corrected chi connectivity index (χ0v) is 19.9. The van der Waals surface area contributed by atoms with Crippen LogP contribution in [0.25, 0.3) is 0 Å². The molecule has 1 aliphatic rings. The molecule has 0 aromatic heterocycles. The van der Waals surface area contributed by atoms with Gasteiger partial charge in [-0.25, -0.2) is 13.2 Å². The van der Waals surface area contributed by atoms with Crippen molar-refractivity contribution in [2.45, 2.75) is 84.3 Å². The van der Waals surface area contributed by atoms with Crippen molar-refractivity contribution in [2.24, 2.45) is 0 Å². The van der Waals surface area contributed by atoms with Crippen molar-refractivity contribution in [1.29, 1.82) is 0 Å². The third-order valence-corrected chi connectivity index (χ3v) is 7.27. The minimum absolute atomic E-state index is 0.163. The molecule has 0 amide bonds. The van der Waals surface area contributed by atoms with Crippen molar-refractivity contribution in [3.05, 3.63) is 29.3 Å². The highest BCUT2D eigenvalue weighted by Crippen LogP contribution is 2.38. The lowest BCUT2D eigenvalue weighted by Gasteiger charge is -2.29. The summed E-state index contributed by atoms with van der Waals surface area (Å²) >= 11 is 0. The Hall–Kier alpha value is -1.60. The van der Waals surface area contributed by atoms with Gasteiger partial charge in [-0.2, -0.15) is 4.31 Å². The van der Waals surface area contributed by atoms with Crippen LogP contribution in [0.15, 0.2) is 18.2 Å². The van der Waals surface area contributed by atoms with E-state index in [-0.39, 0.29) is 18.4 Å². The summed E-state index contributed by atoms with van der Waals surface area (Å²) in [7, 11) is -1.64. The van der Waals surface area contributed by atoms with Gasteiger partial charge in [0.15, 0.2) is 6.61 Å². The van der Waals surface area contributed by atoms with Gasteiger partial charge in [-0.3, -0.25) is 0 Å². The maximum Gasteiger partial charge on any atom is 0.344 e. The fourth-order valence-electron chi connectivity index (χ4n) is 3.85. The van der Waals surface area contributed by atoms with Crippen LogP contribution < -0.4 is 4.74 Å². The van der Waals surface area contributed by atoms with Crippen LogP contribution in [0.5, 0.6) is 5.75 Å². The van der Waals surface area contributed by atoms with E-state index in [4.69, 9.17) is 9.47 Å². The van der Waals surface area contributed by atoms with Crippen LogP contribution in [0.3, 0.4) is 0 Å². The van der Waals surface area contributed by atoms with E-state index in [1.165, 1.54) is 0 Å².